The highest BCUT2D eigenvalue weighted by molar-refractivity contribution is 7.93. The van der Waals surface area contributed by atoms with Crippen LogP contribution in [0.1, 0.15) is 0 Å². The number of hydrogen-bond donors (Lipinski definition) is 0. The summed E-state index contributed by atoms with van der Waals surface area (Å²) in [5.74, 6) is 1.29. The number of rotatable bonds is 7. The predicted molar refractivity (Wildman–Crippen MR) is 123 cm³/mol. The third kappa shape index (κ3) is 3.92. The van der Waals surface area contributed by atoms with Gasteiger partial charge in [-0.3, -0.25) is 4.31 Å². The Morgan fingerprint density at radius 3 is 2.59 bits per heavy atom. The molecule has 0 unspecified atom stereocenters. The molecule has 0 spiro atoms. The Labute approximate surface area is 194 Å². The monoisotopic (exact) mass is 491 g/mol. The van der Waals surface area contributed by atoms with Crippen molar-refractivity contribution in [1.29, 1.82) is 0 Å². The molecule has 0 N–H and O–H groups in total. The van der Waals surface area contributed by atoms with Gasteiger partial charge in [-0.15, -0.1) is 11.3 Å². The second-order valence-corrected chi connectivity index (χ2v) is 9.82. The Balaban J connectivity index is 1.74. The third-order valence-electron chi connectivity index (χ3n) is 4.70. The van der Waals surface area contributed by atoms with Crippen LogP contribution in [0.15, 0.2) is 63.3 Å². The van der Waals surface area contributed by atoms with Gasteiger partial charge in [0.15, 0.2) is 11.5 Å². The second-order valence-electron chi connectivity index (χ2n) is 6.53. The summed E-state index contributed by atoms with van der Waals surface area (Å²) in [4.78, 5) is 4.81. The van der Waals surface area contributed by atoms with Crippen LogP contribution < -0.4 is 13.8 Å². The minimum Gasteiger partial charge on any atom is -0.493 e. The summed E-state index contributed by atoms with van der Waals surface area (Å²) in [7, 11) is 0.593. The highest BCUT2D eigenvalue weighted by Gasteiger charge is 2.29. The van der Waals surface area contributed by atoms with Crippen LogP contribution in [0.25, 0.3) is 22.2 Å². The smallest absolute Gasteiger partial charge is 0.269 e. The molecule has 2 aromatic carbocycles. The van der Waals surface area contributed by atoms with E-state index in [1.165, 1.54) is 38.7 Å². The minimum atomic E-state index is -3.91. The van der Waals surface area contributed by atoms with Gasteiger partial charge in [-0.05, 0) is 41.8 Å². The Kier molecular flexibility index (Phi) is 6.09. The molecule has 32 heavy (non-hydrogen) atoms. The van der Waals surface area contributed by atoms with Crippen LogP contribution >= 0.6 is 22.9 Å². The van der Waals surface area contributed by atoms with Crippen molar-refractivity contribution in [3.8, 4) is 33.7 Å². The standard InChI is InChI=1S/C21H18ClN3O5S2/c1-25(14-7-4-6-13(22)12-14)32(26,27)17-10-11-31-19(17)21-23-20(24-30-21)15-8-5-9-16(28-2)18(15)29-3/h4-12H,1-3H3. The van der Waals surface area contributed by atoms with Crippen molar-refractivity contribution in [1.82, 2.24) is 10.1 Å². The normalized spacial score (nSPS) is 11.4. The number of sulfonamides is 1. The number of methoxy groups -OCH3 is 2. The van der Waals surface area contributed by atoms with Gasteiger partial charge < -0.3 is 14.0 Å². The van der Waals surface area contributed by atoms with E-state index in [0.717, 1.165) is 4.31 Å². The number of ether oxygens (including phenoxy) is 2. The van der Waals surface area contributed by atoms with Gasteiger partial charge in [-0.25, -0.2) is 8.42 Å². The summed E-state index contributed by atoms with van der Waals surface area (Å²) < 4.78 is 44.0. The van der Waals surface area contributed by atoms with Crippen LogP contribution in [0.2, 0.25) is 5.02 Å². The molecule has 0 saturated carbocycles. The summed E-state index contributed by atoms with van der Waals surface area (Å²) >= 11 is 7.21. The van der Waals surface area contributed by atoms with E-state index in [4.69, 9.17) is 25.6 Å². The molecule has 4 rings (SSSR count). The molecule has 8 nitrogen and oxygen atoms in total. The van der Waals surface area contributed by atoms with Crippen molar-refractivity contribution in [2.75, 3.05) is 25.6 Å². The molecule has 0 radical (unpaired) electrons. The predicted octanol–water partition coefficient (Wildman–Crippen LogP) is 4.96. The zero-order chi connectivity index (χ0) is 22.9. The SMILES string of the molecule is COc1cccc(-c2noc(-c3sccc3S(=O)(=O)N(C)c3cccc(Cl)c3)n2)c1OC. The van der Waals surface area contributed by atoms with Gasteiger partial charge in [-0.1, -0.05) is 28.9 Å². The second kappa shape index (κ2) is 8.81. The fourth-order valence-electron chi connectivity index (χ4n) is 3.10. The van der Waals surface area contributed by atoms with Crippen molar-refractivity contribution < 1.29 is 22.4 Å². The molecule has 4 aromatic rings. The highest BCUT2D eigenvalue weighted by atomic mass is 35.5. The first-order valence-corrected chi connectivity index (χ1v) is 11.9. The van der Waals surface area contributed by atoms with E-state index in [0.29, 0.717) is 32.6 Å². The summed E-state index contributed by atoms with van der Waals surface area (Å²) in [5.41, 5.74) is 0.987. The van der Waals surface area contributed by atoms with E-state index in [1.807, 2.05) is 0 Å². The van der Waals surface area contributed by atoms with Gasteiger partial charge in [0.25, 0.3) is 15.9 Å². The van der Waals surface area contributed by atoms with Gasteiger partial charge in [-0.2, -0.15) is 4.98 Å². The molecular weight excluding hydrogens is 474 g/mol. The molecule has 2 aromatic heterocycles. The maximum atomic E-state index is 13.3. The van der Waals surface area contributed by atoms with E-state index < -0.39 is 10.0 Å². The molecule has 2 heterocycles. The van der Waals surface area contributed by atoms with Gasteiger partial charge in [0.1, 0.15) is 9.77 Å². The van der Waals surface area contributed by atoms with E-state index in [9.17, 15) is 8.42 Å². The highest BCUT2D eigenvalue weighted by Crippen LogP contribution is 2.39. The fraction of sp³-hybridized carbons (Fsp3) is 0.143. The molecule has 0 aliphatic heterocycles. The Bertz CT molecular complexity index is 1370. The summed E-state index contributed by atoms with van der Waals surface area (Å²) in [6, 6.07) is 13.4. The molecule has 0 fully saturated rings. The number of halogens is 1. The van der Waals surface area contributed by atoms with Crippen molar-refractivity contribution in [3.05, 3.63) is 58.9 Å². The lowest BCUT2D eigenvalue weighted by Crippen LogP contribution is -2.26. The van der Waals surface area contributed by atoms with Crippen molar-refractivity contribution >= 4 is 38.6 Å². The summed E-state index contributed by atoms with van der Waals surface area (Å²) in [6.45, 7) is 0. The first kappa shape index (κ1) is 22.1. The van der Waals surface area contributed by atoms with E-state index in [2.05, 4.69) is 10.1 Å². The average Bonchev–Trinajstić information content (AvgIpc) is 3.47. The lowest BCUT2D eigenvalue weighted by atomic mass is 10.1. The number of benzene rings is 2. The van der Waals surface area contributed by atoms with Crippen molar-refractivity contribution in [3.63, 3.8) is 0 Å². The fourth-order valence-corrected chi connectivity index (χ4v) is 5.79. The summed E-state index contributed by atoms with van der Waals surface area (Å²) in [6.07, 6.45) is 0. The van der Waals surface area contributed by atoms with Crippen molar-refractivity contribution in [2.24, 2.45) is 0 Å². The lowest BCUT2D eigenvalue weighted by molar-refractivity contribution is 0.355. The van der Waals surface area contributed by atoms with Crippen LogP contribution in [-0.2, 0) is 10.0 Å². The maximum absolute atomic E-state index is 13.3. The average molecular weight is 492 g/mol. The largest absolute Gasteiger partial charge is 0.493 e. The zero-order valence-corrected chi connectivity index (χ0v) is 19.7. The number of anilines is 1. The Morgan fingerprint density at radius 2 is 1.88 bits per heavy atom. The number of para-hydroxylation sites is 1. The number of thiophene rings is 1. The number of nitrogens with zero attached hydrogens (tertiary/aromatic N) is 3. The zero-order valence-electron chi connectivity index (χ0n) is 17.3. The maximum Gasteiger partial charge on any atom is 0.269 e. The van der Waals surface area contributed by atoms with Crippen LogP contribution in [0.3, 0.4) is 0 Å². The van der Waals surface area contributed by atoms with Crippen molar-refractivity contribution in [2.45, 2.75) is 4.90 Å². The van der Waals surface area contributed by atoms with Gasteiger partial charge in [0.2, 0.25) is 5.82 Å². The van der Waals surface area contributed by atoms with E-state index in [1.54, 1.807) is 47.8 Å². The minimum absolute atomic E-state index is 0.0535. The molecule has 0 aliphatic rings. The number of aromatic nitrogens is 2. The summed E-state index contributed by atoms with van der Waals surface area (Å²) in [5, 5.41) is 6.11. The van der Waals surface area contributed by atoms with E-state index in [-0.39, 0.29) is 16.6 Å². The Morgan fingerprint density at radius 1 is 1.09 bits per heavy atom. The molecule has 0 bridgehead atoms. The Hall–Kier alpha value is -3.08. The number of hydrogen-bond acceptors (Lipinski definition) is 8. The van der Waals surface area contributed by atoms with Crippen LogP contribution in [-0.4, -0.2) is 39.8 Å². The molecule has 0 aliphatic carbocycles. The molecular formula is C21H18ClN3O5S2. The third-order valence-corrected chi connectivity index (χ3v) is 7.80. The lowest BCUT2D eigenvalue weighted by Gasteiger charge is -2.19. The van der Waals surface area contributed by atoms with Gasteiger partial charge >= 0.3 is 0 Å². The molecule has 0 amide bonds. The molecule has 11 heteroatoms. The quantitative estimate of drug-likeness (QED) is 0.360. The molecule has 166 valence electrons. The van der Waals surface area contributed by atoms with E-state index >= 15 is 0 Å². The first-order valence-electron chi connectivity index (χ1n) is 9.24. The molecule has 0 saturated heterocycles. The topological polar surface area (TPSA) is 94.8 Å². The van der Waals surface area contributed by atoms with Gasteiger partial charge in [0.05, 0.1) is 25.5 Å². The first-order chi connectivity index (χ1) is 15.4. The van der Waals surface area contributed by atoms with Crippen LogP contribution in [0, 0.1) is 0 Å². The van der Waals surface area contributed by atoms with Gasteiger partial charge in [0, 0.05) is 12.1 Å². The van der Waals surface area contributed by atoms with Crippen LogP contribution in [0.4, 0.5) is 5.69 Å². The van der Waals surface area contributed by atoms with Crippen LogP contribution in [0.5, 0.6) is 11.5 Å². The molecule has 0 atom stereocenters.